The van der Waals surface area contributed by atoms with E-state index in [1.807, 2.05) is 56.3 Å². The first-order valence-electron chi connectivity index (χ1n) is 10.9. The second kappa shape index (κ2) is 8.90. The zero-order valence-electron chi connectivity index (χ0n) is 19.2. The lowest BCUT2D eigenvalue weighted by molar-refractivity contribution is -0.119. The minimum atomic E-state index is -0.339. The van der Waals surface area contributed by atoms with Gasteiger partial charge in [0.05, 0.1) is 34.0 Å². The predicted molar refractivity (Wildman–Crippen MR) is 127 cm³/mol. The van der Waals surface area contributed by atoms with Gasteiger partial charge in [0, 0.05) is 19.5 Å². The molecule has 4 rings (SSSR count). The van der Waals surface area contributed by atoms with Gasteiger partial charge in [0.1, 0.15) is 6.54 Å². The summed E-state index contributed by atoms with van der Waals surface area (Å²) >= 11 is 0. The zero-order chi connectivity index (χ0) is 23.7. The molecule has 2 heterocycles. The molecule has 8 heteroatoms. The number of hydrogen-bond acceptors (Lipinski definition) is 4. The number of amides is 3. The van der Waals surface area contributed by atoms with Crippen molar-refractivity contribution in [3.63, 3.8) is 0 Å². The van der Waals surface area contributed by atoms with Crippen molar-refractivity contribution in [1.29, 1.82) is 0 Å². The molecule has 8 nitrogen and oxygen atoms in total. The minimum Gasteiger partial charge on any atom is -0.332 e. The molecular weight excluding hydrogens is 418 g/mol. The van der Waals surface area contributed by atoms with Crippen molar-refractivity contribution in [2.75, 3.05) is 23.8 Å². The van der Waals surface area contributed by atoms with Crippen molar-refractivity contribution in [2.24, 2.45) is 0 Å². The first-order valence-corrected chi connectivity index (χ1v) is 10.9. The monoisotopic (exact) mass is 445 g/mol. The van der Waals surface area contributed by atoms with E-state index in [1.54, 1.807) is 35.7 Å². The fourth-order valence-electron chi connectivity index (χ4n) is 4.28. The fraction of sp³-hybridized carbons (Fsp3) is 0.280. The second-order valence-electron chi connectivity index (χ2n) is 8.34. The lowest BCUT2D eigenvalue weighted by Crippen LogP contribution is -2.45. The van der Waals surface area contributed by atoms with E-state index in [9.17, 15) is 14.4 Å². The van der Waals surface area contributed by atoms with Crippen LogP contribution >= 0.6 is 0 Å². The van der Waals surface area contributed by atoms with E-state index in [4.69, 9.17) is 0 Å². The average molecular weight is 446 g/mol. The lowest BCUT2D eigenvalue weighted by Gasteiger charge is -2.29. The Morgan fingerprint density at radius 2 is 1.76 bits per heavy atom. The number of nitrogens with zero attached hydrogens (tertiary/aromatic N) is 4. The van der Waals surface area contributed by atoms with Gasteiger partial charge in [0.15, 0.2) is 0 Å². The van der Waals surface area contributed by atoms with Crippen LogP contribution in [-0.4, -0.2) is 52.0 Å². The number of nitrogens with one attached hydrogen (secondary N) is 1. The van der Waals surface area contributed by atoms with Crippen LogP contribution in [0.15, 0.2) is 54.6 Å². The van der Waals surface area contributed by atoms with Gasteiger partial charge < -0.3 is 15.1 Å². The molecular formula is C25H27N5O3. The third kappa shape index (κ3) is 4.24. The molecule has 0 saturated carbocycles. The lowest BCUT2D eigenvalue weighted by atomic mass is 10.1. The first kappa shape index (κ1) is 22.3. The van der Waals surface area contributed by atoms with Crippen molar-refractivity contribution >= 4 is 29.1 Å². The number of hydrogen-bond donors (Lipinski definition) is 1. The van der Waals surface area contributed by atoms with Gasteiger partial charge in [-0.3, -0.25) is 14.4 Å². The minimum absolute atomic E-state index is 0.124. The third-order valence-electron chi connectivity index (χ3n) is 5.85. The molecule has 0 fully saturated rings. The van der Waals surface area contributed by atoms with Crippen LogP contribution in [0.4, 0.5) is 11.4 Å². The number of benzene rings is 2. The van der Waals surface area contributed by atoms with Crippen molar-refractivity contribution in [3.05, 3.63) is 71.5 Å². The van der Waals surface area contributed by atoms with Gasteiger partial charge in [-0.1, -0.05) is 30.3 Å². The van der Waals surface area contributed by atoms with E-state index in [-0.39, 0.29) is 36.7 Å². The number of carbonyl (C=O) groups excluding carboxylic acids is 3. The molecule has 1 atom stereocenters. The summed E-state index contributed by atoms with van der Waals surface area (Å²) in [5.74, 6) is -0.673. The molecule has 0 saturated heterocycles. The van der Waals surface area contributed by atoms with Crippen LogP contribution in [0.2, 0.25) is 0 Å². The molecule has 3 amide bonds. The highest BCUT2D eigenvalue weighted by molar-refractivity contribution is 6.06. The Morgan fingerprint density at radius 3 is 2.48 bits per heavy atom. The molecule has 3 aromatic rings. The topological polar surface area (TPSA) is 87.5 Å². The maximum absolute atomic E-state index is 13.3. The van der Waals surface area contributed by atoms with E-state index in [2.05, 4.69) is 10.4 Å². The molecule has 0 bridgehead atoms. The Balaban J connectivity index is 1.58. The summed E-state index contributed by atoms with van der Waals surface area (Å²) in [7, 11) is 1.61. The SMILES string of the molecule is Cc1nn(-c2ccccc2)c(C)c1C(=O)N(C)CC(=O)N1c2ccccc2NC(=O)CC1C. The Bertz CT molecular complexity index is 1220. The van der Waals surface area contributed by atoms with Gasteiger partial charge in [0.2, 0.25) is 11.8 Å². The maximum atomic E-state index is 13.3. The molecule has 0 spiro atoms. The normalized spacial score (nSPS) is 15.5. The quantitative estimate of drug-likeness (QED) is 0.667. The number of anilines is 2. The molecule has 0 radical (unpaired) electrons. The van der Waals surface area contributed by atoms with Gasteiger partial charge in [0.25, 0.3) is 5.91 Å². The van der Waals surface area contributed by atoms with Gasteiger partial charge in [-0.05, 0) is 45.0 Å². The smallest absolute Gasteiger partial charge is 0.257 e. The summed E-state index contributed by atoms with van der Waals surface area (Å²) < 4.78 is 1.74. The highest BCUT2D eigenvalue weighted by atomic mass is 16.2. The summed E-state index contributed by atoms with van der Waals surface area (Å²) in [4.78, 5) is 41.9. The molecule has 33 heavy (non-hydrogen) atoms. The molecule has 170 valence electrons. The van der Waals surface area contributed by atoms with Crippen molar-refractivity contribution in [2.45, 2.75) is 33.2 Å². The Morgan fingerprint density at radius 1 is 1.09 bits per heavy atom. The zero-order valence-corrected chi connectivity index (χ0v) is 19.2. The number of para-hydroxylation sites is 3. The summed E-state index contributed by atoms with van der Waals surface area (Å²) in [5.41, 5.74) is 3.88. The Labute approximate surface area is 192 Å². The summed E-state index contributed by atoms with van der Waals surface area (Å²) in [5, 5.41) is 7.39. The highest BCUT2D eigenvalue weighted by Gasteiger charge is 2.31. The summed E-state index contributed by atoms with van der Waals surface area (Å²) in [6.07, 6.45) is 0.181. The van der Waals surface area contributed by atoms with Crippen LogP contribution in [-0.2, 0) is 9.59 Å². The third-order valence-corrected chi connectivity index (χ3v) is 5.85. The standard InChI is InChI=1S/C25H27N5O3/c1-16-14-22(31)26-20-12-8-9-13-21(20)29(16)23(32)15-28(4)25(33)24-17(2)27-30(18(24)3)19-10-6-5-7-11-19/h5-13,16H,14-15H2,1-4H3,(H,26,31). The van der Waals surface area contributed by atoms with Crippen LogP contribution in [0, 0.1) is 13.8 Å². The molecule has 0 aliphatic carbocycles. The van der Waals surface area contributed by atoms with E-state index in [0.29, 0.717) is 28.3 Å². The van der Waals surface area contributed by atoms with E-state index in [0.717, 1.165) is 5.69 Å². The number of carbonyl (C=O) groups is 3. The van der Waals surface area contributed by atoms with Crippen molar-refractivity contribution in [1.82, 2.24) is 14.7 Å². The highest BCUT2D eigenvalue weighted by Crippen LogP contribution is 2.31. The summed E-state index contributed by atoms with van der Waals surface area (Å²) in [6.45, 7) is 5.35. The number of likely N-dealkylation sites (N-methyl/N-ethyl adjacent to an activating group) is 1. The number of rotatable bonds is 4. The molecule has 1 aliphatic heterocycles. The van der Waals surface area contributed by atoms with Crippen LogP contribution in [0.5, 0.6) is 0 Å². The summed E-state index contributed by atoms with van der Waals surface area (Å²) in [6, 6.07) is 16.5. The molecule has 1 unspecified atom stereocenters. The van der Waals surface area contributed by atoms with Crippen LogP contribution < -0.4 is 10.2 Å². The fourth-order valence-corrected chi connectivity index (χ4v) is 4.28. The van der Waals surface area contributed by atoms with Gasteiger partial charge in [-0.15, -0.1) is 0 Å². The molecule has 1 aromatic heterocycles. The largest absolute Gasteiger partial charge is 0.332 e. The van der Waals surface area contributed by atoms with Crippen molar-refractivity contribution < 1.29 is 14.4 Å². The van der Waals surface area contributed by atoms with Crippen LogP contribution in [0.1, 0.15) is 35.1 Å². The van der Waals surface area contributed by atoms with E-state index < -0.39 is 0 Å². The van der Waals surface area contributed by atoms with Crippen molar-refractivity contribution in [3.8, 4) is 5.69 Å². The van der Waals surface area contributed by atoms with Gasteiger partial charge >= 0.3 is 0 Å². The van der Waals surface area contributed by atoms with Crippen LogP contribution in [0.3, 0.4) is 0 Å². The first-order chi connectivity index (χ1) is 15.8. The number of fused-ring (bicyclic) bond motifs is 1. The predicted octanol–water partition coefficient (Wildman–Crippen LogP) is 3.33. The Hall–Kier alpha value is -3.94. The molecule has 1 N–H and O–H groups in total. The van der Waals surface area contributed by atoms with Gasteiger partial charge in [-0.25, -0.2) is 4.68 Å². The van der Waals surface area contributed by atoms with E-state index >= 15 is 0 Å². The number of aromatic nitrogens is 2. The van der Waals surface area contributed by atoms with E-state index in [1.165, 1.54) is 4.90 Å². The molecule has 2 aromatic carbocycles. The van der Waals surface area contributed by atoms with Crippen LogP contribution in [0.25, 0.3) is 5.69 Å². The number of aryl methyl sites for hydroxylation is 1. The maximum Gasteiger partial charge on any atom is 0.257 e. The Kier molecular flexibility index (Phi) is 6.00. The average Bonchev–Trinajstić information content (AvgIpc) is 3.00. The van der Waals surface area contributed by atoms with Gasteiger partial charge in [-0.2, -0.15) is 5.10 Å². The second-order valence-corrected chi connectivity index (χ2v) is 8.34. The molecule has 1 aliphatic rings.